The molecule has 0 radical (unpaired) electrons. The molecule has 1 atom stereocenters. The predicted molar refractivity (Wildman–Crippen MR) is 95.0 cm³/mol. The van der Waals surface area contributed by atoms with Crippen LogP contribution in [0.2, 0.25) is 0 Å². The summed E-state index contributed by atoms with van der Waals surface area (Å²) in [6.07, 6.45) is 8.74. The predicted octanol–water partition coefficient (Wildman–Crippen LogP) is 3.38. The fraction of sp³-hybridized carbons (Fsp3) is 0.684. The van der Waals surface area contributed by atoms with Gasteiger partial charge in [0.25, 0.3) is 0 Å². The van der Waals surface area contributed by atoms with E-state index in [1.807, 2.05) is 0 Å². The number of hydrogen-bond acceptors (Lipinski definition) is 4. The Bertz CT molecular complexity index is 506. The van der Waals surface area contributed by atoms with Crippen molar-refractivity contribution in [1.29, 1.82) is 0 Å². The van der Waals surface area contributed by atoms with E-state index in [0.29, 0.717) is 6.04 Å². The van der Waals surface area contributed by atoms with Gasteiger partial charge in [0.05, 0.1) is 19.9 Å². The molecule has 2 fully saturated rings. The smallest absolute Gasteiger partial charge is 0.142 e. The van der Waals surface area contributed by atoms with Gasteiger partial charge >= 0.3 is 0 Å². The summed E-state index contributed by atoms with van der Waals surface area (Å²) < 4.78 is 11.4. The number of anilines is 1. The highest BCUT2D eigenvalue weighted by atomic mass is 16.5. The number of nitrogens with one attached hydrogen (secondary N) is 1. The van der Waals surface area contributed by atoms with Crippen LogP contribution in [0.5, 0.6) is 11.5 Å². The zero-order valence-corrected chi connectivity index (χ0v) is 14.6. The number of rotatable bonds is 5. The average molecular weight is 318 g/mol. The maximum Gasteiger partial charge on any atom is 0.142 e. The van der Waals surface area contributed by atoms with Gasteiger partial charge in [-0.05, 0) is 56.7 Å². The lowest BCUT2D eigenvalue weighted by atomic mass is 9.96. The van der Waals surface area contributed by atoms with E-state index in [0.717, 1.165) is 37.6 Å². The average Bonchev–Trinajstić information content (AvgIpc) is 2.63. The Morgan fingerprint density at radius 2 is 1.78 bits per heavy atom. The van der Waals surface area contributed by atoms with Gasteiger partial charge in [-0.2, -0.15) is 0 Å². The van der Waals surface area contributed by atoms with Gasteiger partial charge in [0, 0.05) is 25.2 Å². The molecule has 2 aliphatic heterocycles. The summed E-state index contributed by atoms with van der Waals surface area (Å²) in [6, 6.07) is 4.93. The highest BCUT2D eigenvalue weighted by Crippen LogP contribution is 2.37. The van der Waals surface area contributed by atoms with Gasteiger partial charge in [-0.3, -0.25) is 0 Å². The van der Waals surface area contributed by atoms with Crippen molar-refractivity contribution in [1.82, 2.24) is 5.32 Å². The molecule has 128 valence electrons. The summed E-state index contributed by atoms with van der Waals surface area (Å²) in [5, 5.41) is 3.63. The molecule has 3 rings (SSSR count). The third kappa shape index (κ3) is 3.92. The van der Waals surface area contributed by atoms with Crippen molar-refractivity contribution in [3.05, 3.63) is 17.7 Å². The maximum absolute atomic E-state index is 5.71. The Kier molecular flexibility index (Phi) is 5.65. The lowest BCUT2D eigenvalue weighted by Crippen LogP contribution is -2.35. The van der Waals surface area contributed by atoms with Crippen LogP contribution in [0, 0.1) is 0 Å². The van der Waals surface area contributed by atoms with Crippen LogP contribution in [0.15, 0.2) is 12.1 Å². The fourth-order valence-corrected chi connectivity index (χ4v) is 3.85. The van der Waals surface area contributed by atoms with Crippen molar-refractivity contribution < 1.29 is 9.47 Å². The van der Waals surface area contributed by atoms with Crippen LogP contribution >= 0.6 is 0 Å². The SMILES string of the molecule is COc1cc(N2CCCCC2)c(OC)cc1CC1CCCCN1. The summed E-state index contributed by atoms with van der Waals surface area (Å²) in [5.41, 5.74) is 2.44. The van der Waals surface area contributed by atoms with E-state index >= 15 is 0 Å². The van der Waals surface area contributed by atoms with Crippen molar-refractivity contribution in [2.45, 2.75) is 51.0 Å². The zero-order valence-electron chi connectivity index (χ0n) is 14.6. The third-order valence-corrected chi connectivity index (χ3v) is 5.16. The monoisotopic (exact) mass is 318 g/mol. The second-order valence-corrected chi connectivity index (χ2v) is 6.73. The molecular formula is C19H30N2O2. The first kappa shape index (κ1) is 16.4. The number of hydrogen-bond donors (Lipinski definition) is 1. The molecule has 1 N–H and O–H groups in total. The topological polar surface area (TPSA) is 33.7 Å². The van der Waals surface area contributed by atoms with Gasteiger partial charge < -0.3 is 19.7 Å². The Hall–Kier alpha value is -1.42. The molecular weight excluding hydrogens is 288 g/mol. The third-order valence-electron chi connectivity index (χ3n) is 5.16. The van der Waals surface area contributed by atoms with Gasteiger partial charge in [-0.25, -0.2) is 0 Å². The maximum atomic E-state index is 5.71. The van der Waals surface area contributed by atoms with Crippen molar-refractivity contribution in [3.63, 3.8) is 0 Å². The minimum absolute atomic E-state index is 0.559. The quantitative estimate of drug-likeness (QED) is 0.902. The standard InChI is InChI=1S/C19H30N2O2/c1-22-18-14-17(21-10-6-3-7-11-21)19(23-2)13-15(18)12-16-8-4-5-9-20-16/h13-14,16,20H,3-12H2,1-2H3. The Labute approximate surface area is 140 Å². The van der Waals surface area contributed by atoms with Crippen LogP contribution in [-0.4, -0.2) is 39.9 Å². The molecule has 2 heterocycles. The molecule has 2 saturated heterocycles. The normalized spacial score (nSPS) is 22.0. The Morgan fingerprint density at radius 3 is 2.43 bits per heavy atom. The number of methoxy groups -OCH3 is 2. The summed E-state index contributed by atoms with van der Waals surface area (Å²) in [5.74, 6) is 1.98. The number of nitrogens with zero attached hydrogens (tertiary/aromatic N) is 1. The first-order chi connectivity index (χ1) is 11.3. The van der Waals surface area contributed by atoms with Crippen LogP contribution in [0.25, 0.3) is 0 Å². The molecule has 1 aromatic rings. The molecule has 0 aliphatic carbocycles. The van der Waals surface area contributed by atoms with Crippen LogP contribution in [0.4, 0.5) is 5.69 Å². The lowest BCUT2D eigenvalue weighted by molar-refractivity contribution is 0.377. The Morgan fingerprint density at radius 1 is 1.00 bits per heavy atom. The lowest BCUT2D eigenvalue weighted by Gasteiger charge is -2.31. The van der Waals surface area contributed by atoms with E-state index in [2.05, 4.69) is 22.3 Å². The van der Waals surface area contributed by atoms with Gasteiger partial charge in [0.15, 0.2) is 0 Å². The zero-order chi connectivity index (χ0) is 16.1. The summed E-state index contributed by atoms with van der Waals surface area (Å²) in [6.45, 7) is 3.36. The van der Waals surface area contributed by atoms with E-state index in [4.69, 9.17) is 9.47 Å². The van der Waals surface area contributed by atoms with Crippen molar-refractivity contribution >= 4 is 5.69 Å². The van der Waals surface area contributed by atoms with Gasteiger partial charge in [0.2, 0.25) is 0 Å². The minimum Gasteiger partial charge on any atom is -0.496 e. The van der Waals surface area contributed by atoms with Crippen molar-refractivity contribution in [2.24, 2.45) is 0 Å². The number of ether oxygens (including phenoxy) is 2. The summed E-state index contributed by atoms with van der Waals surface area (Å²) in [7, 11) is 3.55. The van der Waals surface area contributed by atoms with Crippen LogP contribution in [0.3, 0.4) is 0 Å². The molecule has 4 heteroatoms. The van der Waals surface area contributed by atoms with Gasteiger partial charge in [-0.1, -0.05) is 6.42 Å². The molecule has 0 spiro atoms. The minimum atomic E-state index is 0.559. The second-order valence-electron chi connectivity index (χ2n) is 6.73. The van der Waals surface area contributed by atoms with Crippen molar-refractivity contribution in [3.8, 4) is 11.5 Å². The molecule has 0 aromatic heterocycles. The molecule has 1 unspecified atom stereocenters. The molecule has 1 aromatic carbocycles. The first-order valence-electron chi connectivity index (χ1n) is 9.05. The summed E-state index contributed by atoms with van der Waals surface area (Å²) in [4.78, 5) is 2.44. The summed E-state index contributed by atoms with van der Waals surface area (Å²) >= 11 is 0. The second kappa shape index (κ2) is 7.91. The molecule has 2 aliphatic rings. The molecule has 4 nitrogen and oxygen atoms in total. The van der Waals surface area contributed by atoms with Crippen LogP contribution < -0.4 is 19.7 Å². The first-order valence-corrected chi connectivity index (χ1v) is 9.05. The molecule has 0 saturated carbocycles. The molecule has 23 heavy (non-hydrogen) atoms. The van der Waals surface area contributed by atoms with E-state index in [9.17, 15) is 0 Å². The van der Waals surface area contributed by atoms with E-state index in [-0.39, 0.29) is 0 Å². The number of benzene rings is 1. The van der Waals surface area contributed by atoms with Gasteiger partial charge in [-0.15, -0.1) is 0 Å². The highest BCUT2D eigenvalue weighted by molar-refractivity contribution is 5.64. The molecule has 0 bridgehead atoms. The van der Waals surface area contributed by atoms with E-state index in [1.165, 1.54) is 49.8 Å². The van der Waals surface area contributed by atoms with Crippen LogP contribution in [-0.2, 0) is 6.42 Å². The highest BCUT2D eigenvalue weighted by Gasteiger charge is 2.21. The van der Waals surface area contributed by atoms with Crippen molar-refractivity contribution in [2.75, 3.05) is 38.8 Å². The fourth-order valence-electron chi connectivity index (χ4n) is 3.85. The Balaban J connectivity index is 1.84. The van der Waals surface area contributed by atoms with E-state index in [1.54, 1.807) is 14.2 Å². The largest absolute Gasteiger partial charge is 0.496 e. The van der Waals surface area contributed by atoms with E-state index < -0.39 is 0 Å². The number of piperidine rings is 2. The van der Waals surface area contributed by atoms with Crippen LogP contribution in [0.1, 0.15) is 44.1 Å². The molecule has 0 amide bonds. The van der Waals surface area contributed by atoms with Gasteiger partial charge in [0.1, 0.15) is 11.5 Å².